The molecule has 13 heavy (non-hydrogen) atoms. The summed E-state index contributed by atoms with van der Waals surface area (Å²) in [5, 5.41) is 20.1. The van der Waals surface area contributed by atoms with Gasteiger partial charge < -0.3 is 20.3 Å². The highest BCUT2D eigenvalue weighted by molar-refractivity contribution is 5.73. The Hall–Kier alpha value is -0.650. The molecule has 0 rings (SSSR count). The van der Waals surface area contributed by atoms with Crippen LogP contribution < -0.4 is 5.32 Å². The summed E-state index contributed by atoms with van der Waals surface area (Å²) in [4.78, 5) is 10.5. The highest BCUT2D eigenvalue weighted by Crippen LogP contribution is 1.92. The third-order valence-corrected chi connectivity index (χ3v) is 1.61. The Labute approximate surface area is 77.7 Å². The number of carboxylic acid groups (broad SMARTS) is 1. The molecule has 0 saturated carbocycles. The number of aliphatic hydroxyl groups excluding tert-OH is 1. The standard InChI is InChI=1S/C8H17NO4/c1-6(10)3-4-13-5-7(9-2)8(11)12/h6-7,9-10H,3-5H2,1-2H3,(H,11,12)/t6-,7+/m1/s1. The van der Waals surface area contributed by atoms with E-state index < -0.39 is 18.1 Å². The van der Waals surface area contributed by atoms with Gasteiger partial charge in [0, 0.05) is 6.61 Å². The molecule has 0 bridgehead atoms. The van der Waals surface area contributed by atoms with Crippen molar-refractivity contribution in [3.63, 3.8) is 0 Å². The van der Waals surface area contributed by atoms with Crippen LogP contribution in [0.25, 0.3) is 0 Å². The molecule has 0 fully saturated rings. The van der Waals surface area contributed by atoms with Crippen molar-refractivity contribution in [2.75, 3.05) is 20.3 Å². The van der Waals surface area contributed by atoms with Gasteiger partial charge in [0.25, 0.3) is 0 Å². The van der Waals surface area contributed by atoms with E-state index in [9.17, 15) is 4.79 Å². The van der Waals surface area contributed by atoms with Crippen LogP contribution in [0.15, 0.2) is 0 Å². The van der Waals surface area contributed by atoms with E-state index in [1.54, 1.807) is 14.0 Å². The van der Waals surface area contributed by atoms with Gasteiger partial charge in [-0.1, -0.05) is 0 Å². The molecule has 0 radical (unpaired) electrons. The molecule has 2 atom stereocenters. The van der Waals surface area contributed by atoms with Crippen molar-refractivity contribution >= 4 is 5.97 Å². The first-order valence-electron chi connectivity index (χ1n) is 4.23. The second kappa shape index (κ2) is 6.82. The molecule has 0 aromatic heterocycles. The van der Waals surface area contributed by atoms with Gasteiger partial charge in [-0.15, -0.1) is 0 Å². The second-order valence-corrected chi connectivity index (χ2v) is 2.89. The van der Waals surface area contributed by atoms with E-state index in [1.807, 2.05) is 0 Å². The maximum atomic E-state index is 10.5. The van der Waals surface area contributed by atoms with Gasteiger partial charge in [-0.05, 0) is 20.4 Å². The van der Waals surface area contributed by atoms with Gasteiger partial charge >= 0.3 is 5.97 Å². The Morgan fingerprint density at radius 1 is 1.62 bits per heavy atom. The summed E-state index contributed by atoms with van der Waals surface area (Å²) in [6, 6.07) is -0.672. The number of nitrogens with one attached hydrogen (secondary N) is 1. The molecule has 5 heteroatoms. The average molecular weight is 191 g/mol. The van der Waals surface area contributed by atoms with Gasteiger partial charge in [-0.2, -0.15) is 0 Å². The lowest BCUT2D eigenvalue weighted by Gasteiger charge is -2.11. The summed E-state index contributed by atoms with van der Waals surface area (Å²) in [5.74, 6) is -0.931. The molecule has 0 spiro atoms. The summed E-state index contributed by atoms with van der Waals surface area (Å²) >= 11 is 0. The third-order valence-electron chi connectivity index (χ3n) is 1.61. The predicted molar refractivity (Wildman–Crippen MR) is 47.6 cm³/mol. The summed E-state index contributed by atoms with van der Waals surface area (Å²) in [7, 11) is 1.57. The van der Waals surface area contributed by atoms with Crippen molar-refractivity contribution in [2.24, 2.45) is 0 Å². The molecule has 78 valence electrons. The molecule has 0 heterocycles. The van der Waals surface area contributed by atoms with Crippen LogP contribution in [-0.4, -0.2) is 48.6 Å². The molecule has 0 aromatic rings. The van der Waals surface area contributed by atoms with E-state index in [-0.39, 0.29) is 6.61 Å². The topological polar surface area (TPSA) is 78.8 Å². The average Bonchev–Trinajstić information content (AvgIpc) is 2.03. The summed E-state index contributed by atoms with van der Waals surface area (Å²) in [6.07, 6.45) is 0.119. The van der Waals surface area contributed by atoms with Crippen molar-refractivity contribution in [1.29, 1.82) is 0 Å². The van der Waals surface area contributed by atoms with Crippen LogP contribution in [-0.2, 0) is 9.53 Å². The predicted octanol–water partition coefficient (Wildman–Crippen LogP) is -0.553. The molecule has 5 nitrogen and oxygen atoms in total. The van der Waals surface area contributed by atoms with E-state index in [0.29, 0.717) is 13.0 Å². The molecule has 0 saturated heterocycles. The number of hydrogen-bond donors (Lipinski definition) is 3. The highest BCUT2D eigenvalue weighted by atomic mass is 16.5. The van der Waals surface area contributed by atoms with Crippen LogP contribution in [0.5, 0.6) is 0 Å². The Balaban J connectivity index is 3.44. The highest BCUT2D eigenvalue weighted by Gasteiger charge is 2.14. The Kier molecular flexibility index (Phi) is 6.48. The lowest BCUT2D eigenvalue weighted by Crippen LogP contribution is -2.38. The monoisotopic (exact) mass is 191 g/mol. The zero-order valence-corrected chi connectivity index (χ0v) is 7.99. The van der Waals surface area contributed by atoms with Crippen LogP contribution in [0, 0.1) is 0 Å². The van der Waals surface area contributed by atoms with Gasteiger partial charge in [-0.3, -0.25) is 4.79 Å². The zero-order valence-electron chi connectivity index (χ0n) is 7.99. The fourth-order valence-corrected chi connectivity index (χ4v) is 0.733. The minimum atomic E-state index is -0.931. The summed E-state index contributed by atoms with van der Waals surface area (Å²) < 4.78 is 5.06. The summed E-state index contributed by atoms with van der Waals surface area (Å²) in [6.45, 7) is 2.16. The number of likely N-dealkylation sites (N-methyl/N-ethyl adjacent to an activating group) is 1. The van der Waals surface area contributed by atoms with Crippen LogP contribution in [0.1, 0.15) is 13.3 Å². The second-order valence-electron chi connectivity index (χ2n) is 2.89. The molecule has 0 aliphatic heterocycles. The number of aliphatic hydroxyl groups is 1. The first-order valence-corrected chi connectivity index (χ1v) is 4.23. The van der Waals surface area contributed by atoms with E-state index in [4.69, 9.17) is 14.9 Å². The van der Waals surface area contributed by atoms with E-state index in [1.165, 1.54) is 0 Å². The maximum Gasteiger partial charge on any atom is 0.323 e. The van der Waals surface area contributed by atoms with Gasteiger partial charge in [0.15, 0.2) is 0 Å². The smallest absolute Gasteiger partial charge is 0.323 e. The van der Waals surface area contributed by atoms with E-state index >= 15 is 0 Å². The number of carbonyl (C=O) groups is 1. The minimum absolute atomic E-state index is 0.124. The van der Waals surface area contributed by atoms with Crippen LogP contribution in [0.3, 0.4) is 0 Å². The molecule has 0 aliphatic carbocycles. The maximum absolute atomic E-state index is 10.5. The van der Waals surface area contributed by atoms with Gasteiger partial charge in [0.1, 0.15) is 6.04 Å². The van der Waals surface area contributed by atoms with Crippen molar-refractivity contribution in [3.05, 3.63) is 0 Å². The third kappa shape index (κ3) is 6.51. The Bertz CT molecular complexity index is 149. The van der Waals surface area contributed by atoms with E-state index in [2.05, 4.69) is 5.32 Å². The molecule has 0 aromatic carbocycles. The van der Waals surface area contributed by atoms with Gasteiger partial charge in [0.2, 0.25) is 0 Å². The number of carboxylic acids is 1. The quantitative estimate of drug-likeness (QED) is 0.470. The first kappa shape index (κ1) is 12.3. The SMILES string of the molecule is CN[C@@H](COCC[C@@H](C)O)C(=O)O. The Morgan fingerprint density at radius 3 is 2.62 bits per heavy atom. The number of ether oxygens (including phenoxy) is 1. The van der Waals surface area contributed by atoms with Gasteiger partial charge in [0.05, 0.1) is 12.7 Å². The van der Waals surface area contributed by atoms with Crippen molar-refractivity contribution in [3.8, 4) is 0 Å². The van der Waals surface area contributed by atoms with Crippen LogP contribution >= 0.6 is 0 Å². The number of hydrogen-bond acceptors (Lipinski definition) is 4. The molecule has 0 amide bonds. The molecular weight excluding hydrogens is 174 g/mol. The van der Waals surface area contributed by atoms with Crippen LogP contribution in [0.4, 0.5) is 0 Å². The van der Waals surface area contributed by atoms with Crippen molar-refractivity contribution in [1.82, 2.24) is 5.32 Å². The largest absolute Gasteiger partial charge is 0.480 e. The fourth-order valence-electron chi connectivity index (χ4n) is 0.733. The Morgan fingerprint density at radius 2 is 2.23 bits per heavy atom. The van der Waals surface area contributed by atoms with Crippen LogP contribution in [0.2, 0.25) is 0 Å². The summed E-state index contributed by atoms with van der Waals surface area (Å²) in [5.41, 5.74) is 0. The zero-order chi connectivity index (χ0) is 10.3. The number of aliphatic carboxylic acids is 1. The first-order chi connectivity index (χ1) is 6.07. The number of rotatable bonds is 7. The molecule has 0 aliphatic rings. The minimum Gasteiger partial charge on any atom is -0.480 e. The van der Waals surface area contributed by atoms with E-state index in [0.717, 1.165) is 0 Å². The lowest BCUT2D eigenvalue weighted by molar-refractivity contribution is -0.141. The fraction of sp³-hybridized carbons (Fsp3) is 0.875. The van der Waals surface area contributed by atoms with Crippen molar-refractivity contribution < 1.29 is 19.7 Å². The van der Waals surface area contributed by atoms with Crippen molar-refractivity contribution in [2.45, 2.75) is 25.5 Å². The normalized spacial score (nSPS) is 15.3. The molecule has 3 N–H and O–H groups in total. The molecular formula is C8H17NO4. The van der Waals surface area contributed by atoms with Gasteiger partial charge in [-0.25, -0.2) is 0 Å². The molecule has 0 unspecified atom stereocenters. The lowest BCUT2D eigenvalue weighted by atomic mass is 10.3.